The van der Waals surface area contributed by atoms with Crippen LogP contribution in [0.3, 0.4) is 0 Å². The predicted molar refractivity (Wildman–Crippen MR) is 54.9 cm³/mol. The normalized spacial score (nSPS) is 15.3. The van der Waals surface area contributed by atoms with Crippen LogP contribution in [0, 0.1) is 0 Å². The summed E-state index contributed by atoms with van der Waals surface area (Å²) in [7, 11) is 0. The Bertz CT molecular complexity index is 287. The first-order chi connectivity index (χ1) is 6.85. The Kier molecular flexibility index (Phi) is 2.85. The van der Waals surface area contributed by atoms with E-state index in [1.165, 1.54) is 24.0 Å². The highest BCUT2D eigenvalue weighted by Crippen LogP contribution is 2.25. The van der Waals surface area contributed by atoms with Crippen molar-refractivity contribution in [2.24, 2.45) is 0 Å². The number of fused-ring (bicyclic) bond motifs is 1. The molecule has 0 spiro atoms. The van der Waals surface area contributed by atoms with Crippen molar-refractivity contribution in [3.05, 3.63) is 34.4 Å². The highest BCUT2D eigenvalue weighted by Gasteiger charge is 2.12. The summed E-state index contributed by atoms with van der Waals surface area (Å²) < 4.78 is 0. The predicted octanol–water partition coefficient (Wildman–Crippen LogP) is 1.55. The first-order valence-electron chi connectivity index (χ1n) is 5.20. The van der Waals surface area contributed by atoms with E-state index >= 15 is 0 Å². The summed E-state index contributed by atoms with van der Waals surface area (Å²) >= 11 is 0. The fourth-order valence-electron chi connectivity index (χ4n) is 2.18. The molecule has 1 aliphatic carbocycles. The summed E-state index contributed by atoms with van der Waals surface area (Å²) in [5.41, 5.74) is 4.48. The second kappa shape index (κ2) is 4.11. The summed E-state index contributed by atoms with van der Waals surface area (Å²) in [6.45, 7) is 0.0619. The van der Waals surface area contributed by atoms with Crippen molar-refractivity contribution >= 4 is 0 Å². The van der Waals surface area contributed by atoms with Crippen molar-refractivity contribution in [2.45, 2.75) is 38.9 Å². The quantitative estimate of drug-likeness (QED) is 0.746. The van der Waals surface area contributed by atoms with Gasteiger partial charge in [0.1, 0.15) is 0 Å². The topological polar surface area (TPSA) is 40.5 Å². The number of aryl methyl sites for hydroxylation is 2. The number of benzene rings is 1. The lowest BCUT2D eigenvalue weighted by Crippen LogP contribution is -2.06. The monoisotopic (exact) mass is 192 g/mol. The number of hydrogen-bond acceptors (Lipinski definition) is 2. The molecule has 2 heteroatoms. The summed E-state index contributed by atoms with van der Waals surface area (Å²) in [6.07, 6.45) is 4.73. The van der Waals surface area contributed by atoms with Gasteiger partial charge in [-0.2, -0.15) is 0 Å². The van der Waals surface area contributed by atoms with E-state index in [0.717, 1.165) is 24.0 Å². The summed E-state index contributed by atoms with van der Waals surface area (Å²) in [5.74, 6) is 0. The number of rotatable bonds is 2. The zero-order valence-electron chi connectivity index (χ0n) is 8.29. The van der Waals surface area contributed by atoms with Gasteiger partial charge in [0.2, 0.25) is 0 Å². The minimum Gasteiger partial charge on any atom is -0.392 e. The van der Waals surface area contributed by atoms with Crippen LogP contribution in [0.25, 0.3) is 0 Å². The van der Waals surface area contributed by atoms with Gasteiger partial charge in [-0.25, -0.2) is 0 Å². The Morgan fingerprint density at radius 2 is 1.29 bits per heavy atom. The molecule has 14 heavy (non-hydrogen) atoms. The van der Waals surface area contributed by atoms with Crippen LogP contribution in [0.15, 0.2) is 12.1 Å². The summed E-state index contributed by atoms with van der Waals surface area (Å²) in [5, 5.41) is 18.3. The zero-order valence-corrected chi connectivity index (χ0v) is 8.29. The molecule has 0 fully saturated rings. The molecule has 0 unspecified atom stereocenters. The van der Waals surface area contributed by atoms with Crippen LogP contribution in [-0.2, 0) is 26.1 Å². The maximum Gasteiger partial charge on any atom is 0.0685 e. The number of aliphatic hydroxyl groups is 2. The molecule has 2 N–H and O–H groups in total. The van der Waals surface area contributed by atoms with Crippen LogP contribution in [0.1, 0.15) is 35.1 Å². The van der Waals surface area contributed by atoms with Gasteiger partial charge in [0, 0.05) is 0 Å². The standard InChI is InChI=1S/C12H16O2/c13-7-11-5-9-3-1-2-4-10(9)6-12(11)8-14/h5-6,13-14H,1-4,7-8H2. The van der Waals surface area contributed by atoms with Crippen LogP contribution in [0.4, 0.5) is 0 Å². The van der Waals surface area contributed by atoms with Gasteiger partial charge in [-0.05, 0) is 47.9 Å². The van der Waals surface area contributed by atoms with Crippen molar-refractivity contribution in [1.82, 2.24) is 0 Å². The van der Waals surface area contributed by atoms with E-state index in [2.05, 4.69) is 12.1 Å². The number of hydrogen-bond donors (Lipinski definition) is 2. The highest BCUT2D eigenvalue weighted by atomic mass is 16.3. The Labute approximate surface area is 84.2 Å². The van der Waals surface area contributed by atoms with Crippen LogP contribution in [0.5, 0.6) is 0 Å². The fourth-order valence-corrected chi connectivity index (χ4v) is 2.18. The van der Waals surface area contributed by atoms with Crippen LogP contribution >= 0.6 is 0 Å². The molecule has 2 nitrogen and oxygen atoms in total. The molecule has 0 bridgehead atoms. The van der Waals surface area contributed by atoms with Gasteiger partial charge in [-0.1, -0.05) is 12.1 Å². The summed E-state index contributed by atoms with van der Waals surface area (Å²) in [4.78, 5) is 0. The molecule has 0 saturated carbocycles. The molecule has 2 rings (SSSR count). The van der Waals surface area contributed by atoms with E-state index in [1.54, 1.807) is 0 Å². The van der Waals surface area contributed by atoms with Crippen LogP contribution in [0.2, 0.25) is 0 Å². The van der Waals surface area contributed by atoms with Crippen molar-refractivity contribution in [1.29, 1.82) is 0 Å². The lowest BCUT2D eigenvalue weighted by atomic mass is 9.88. The lowest BCUT2D eigenvalue weighted by molar-refractivity contribution is 0.259. The molecule has 0 radical (unpaired) electrons. The van der Waals surface area contributed by atoms with Gasteiger partial charge in [-0.3, -0.25) is 0 Å². The maximum atomic E-state index is 9.14. The second-order valence-electron chi connectivity index (χ2n) is 3.91. The molecule has 0 heterocycles. The van der Waals surface area contributed by atoms with Crippen molar-refractivity contribution < 1.29 is 10.2 Å². The summed E-state index contributed by atoms with van der Waals surface area (Å²) in [6, 6.07) is 4.11. The molecule has 1 aromatic carbocycles. The van der Waals surface area contributed by atoms with Crippen LogP contribution < -0.4 is 0 Å². The maximum absolute atomic E-state index is 9.14. The molecular weight excluding hydrogens is 176 g/mol. The third-order valence-electron chi connectivity index (χ3n) is 3.00. The SMILES string of the molecule is OCc1cc2c(cc1CO)CCCC2. The fraction of sp³-hybridized carbons (Fsp3) is 0.500. The van der Waals surface area contributed by atoms with Crippen molar-refractivity contribution in [3.8, 4) is 0 Å². The average Bonchev–Trinajstić information content (AvgIpc) is 2.27. The van der Waals surface area contributed by atoms with E-state index in [-0.39, 0.29) is 13.2 Å². The smallest absolute Gasteiger partial charge is 0.0685 e. The molecule has 0 amide bonds. The number of aliphatic hydroxyl groups excluding tert-OH is 2. The largest absolute Gasteiger partial charge is 0.392 e. The Morgan fingerprint density at radius 3 is 1.64 bits per heavy atom. The lowest BCUT2D eigenvalue weighted by Gasteiger charge is -2.18. The average molecular weight is 192 g/mol. The molecular formula is C12H16O2. The van der Waals surface area contributed by atoms with E-state index in [4.69, 9.17) is 10.2 Å². The zero-order chi connectivity index (χ0) is 9.97. The van der Waals surface area contributed by atoms with Crippen LogP contribution in [-0.4, -0.2) is 10.2 Å². The van der Waals surface area contributed by atoms with E-state index in [9.17, 15) is 0 Å². The molecule has 1 aromatic rings. The van der Waals surface area contributed by atoms with Gasteiger partial charge < -0.3 is 10.2 Å². The first-order valence-corrected chi connectivity index (χ1v) is 5.20. The first kappa shape index (κ1) is 9.69. The molecule has 76 valence electrons. The second-order valence-corrected chi connectivity index (χ2v) is 3.91. The molecule has 0 saturated heterocycles. The third-order valence-corrected chi connectivity index (χ3v) is 3.00. The van der Waals surface area contributed by atoms with Gasteiger partial charge >= 0.3 is 0 Å². The molecule has 0 aliphatic heterocycles. The molecule has 1 aliphatic rings. The van der Waals surface area contributed by atoms with Crippen molar-refractivity contribution in [2.75, 3.05) is 0 Å². The van der Waals surface area contributed by atoms with Gasteiger partial charge in [0.05, 0.1) is 13.2 Å². The van der Waals surface area contributed by atoms with E-state index in [0.29, 0.717) is 0 Å². The Morgan fingerprint density at radius 1 is 0.857 bits per heavy atom. The van der Waals surface area contributed by atoms with Gasteiger partial charge in [0.25, 0.3) is 0 Å². The third kappa shape index (κ3) is 1.68. The highest BCUT2D eigenvalue weighted by molar-refractivity contribution is 5.39. The minimum absolute atomic E-state index is 0.0309. The van der Waals surface area contributed by atoms with Crippen molar-refractivity contribution in [3.63, 3.8) is 0 Å². The Hall–Kier alpha value is -0.860. The minimum atomic E-state index is 0.0309. The Balaban J connectivity index is 2.43. The van der Waals surface area contributed by atoms with Gasteiger partial charge in [0.15, 0.2) is 0 Å². The molecule has 0 atom stereocenters. The van der Waals surface area contributed by atoms with Gasteiger partial charge in [-0.15, -0.1) is 0 Å². The van der Waals surface area contributed by atoms with E-state index in [1.807, 2.05) is 0 Å². The molecule has 0 aromatic heterocycles. The van der Waals surface area contributed by atoms with E-state index < -0.39 is 0 Å².